The molecule has 0 radical (unpaired) electrons. The molecule has 34 heavy (non-hydrogen) atoms. The number of carbonyl (C=O) groups is 1. The third kappa shape index (κ3) is 4.85. The van der Waals surface area contributed by atoms with Crippen molar-refractivity contribution < 1.29 is 14.6 Å². The summed E-state index contributed by atoms with van der Waals surface area (Å²) in [5, 5.41) is 21.2. The summed E-state index contributed by atoms with van der Waals surface area (Å²) in [6.45, 7) is 2.39. The lowest BCUT2D eigenvalue weighted by atomic mass is 9.87. The number of aliphatic carboxylic acids is 1. The maximum absolute atomic E-state index is 11.4. The molecule has 0 aromatic carbocycles. The molecular weight excluding hydrogens is 434 g/mol. The molecule has 0 aliphatic heterocycles. The molecule has 2 aliphatic rings. The van der Waals surface area contributed by atoms with E-state index in [4.69, 9.17) is 9.72 Å². The van der Waals surface area contributed by atoms with Gasteiger partial charge in [-0.2, -0.15) is 0 Å². The largest absolute Gasteiger partial charge is 0.489 e. The fourth-order valence-electron chi connectivity index (χ4n) is 4.48. The predicted molar refractivity (Wildman–Crippen MR) is 124 cm³/mol. The summed E-state index contributed by atoms with van der Waals surface area (Å²) in [5.41, 5.74) is 4.13. The Morgan fingerprint density at radius 1 is 1.24 bits per heavy atom. The highest BCUT2D eigenvalue weighted by molar-refractivity contribution is 5.70. The van der Waals surface area contributed by atoms with Crippen LogP contribution in [-0.4, -0.2) is 47.1 Å². The smallest absolute Gasteiger partial charge is 0.306 e. The van der Waals surface area contributed by atoms with Crippen LogP contribution in [0.25, 0.3) is 11.4 Å². The molecule has 0 bridgehead atoms. The zero-order valence-electron chi connectivity index (χ0n) is 19.4. The predicted octanol–water partition coefficient (Wildman–Crippen LogP) is 3.49. The van der Waals surface area contributed by atoms with Crippen LogP contribution in [0.15, 0.2) is 24.5 Å². The average Bonchev–Trinajstić information content (AvgIpc) is 3.62. The van der Waals surface area contributed by atoms with E-state index in [1.54, 1.807) is 11.0 Å². The zero-order valence-corrected chi connectivity index (χ0v) is 19.4. The zero-order chi connectivity index (χ0) is 23.7. The summed E-state index contributed by atoms with van der Waals surface area (Å²) < 4.78 is 7.88. The maximum Gasteiger partial charge on any atom is 0.306 e. The standard InChI is InChI=1S/C24H29N7O3/c1-14-21(34-17-5-3-4-16(10-17)24(32)33)9-8-18(28-14)23-20(31(2)30-29-23)12-25-22-11-19(15-6-7-15)26-13-27-22/h8-9,11,13,15-17H,3-7,10,12H2,1-2H3,(H,32,33)(H,25,26,27)/t16-,17-/m0/s1. The number of ether oxygens (including phenoxy) is 1. The van der Waals surface area contributed by atoms with Crippen LogP contribution in [0.3, 0.4) is 0 Å². The summed E-state index contributed by atoms with van der Waals surface area (Å²) in [6.07, 6.45) is 6.84. The Labute approximate surface area is 197 Å². The van der Waals surface area contributed by atoms with E-state index in [2.05, 4.69) is 25.6 Å². The van der Waals surface area contributed by atoms with Gasteiger partial charge in [0.1, 0.15) is 23.6 Å². The van der Waals surface area contributed by atoms with Crippen LogP contribution in [0.1, 0.15) is 61.5 Å². The van der Waals surface area contributed by atoms with E-state index in [0.717, 1.165) is 35.7 Å². The molecule has 10 nitrogen and oxygen atoms in total. The van der Waals surface area contributed by atoms with Crippen molar-refractivity contribution in [2.24, 2.45) is 13.0 Å². The van der Waals surface area contributed by atoms with Crippen LogP contribution in [0, 0.1) is 12.8 Å². The number of pyridine rings is 1. The number of nitrogens with zero attached hydrogens (tertiary/aromatic N) is 6. The first-order valence-electron chi connectivity index (χ1n) is 11.8. The van der Waals surface area contributed by atoms with Crippen molar-refractivity contribution in [3.8, 4) is 17.1 Å². The number of hydrogen-bond donors (Lipinski definition) is 2. The third-order valence-corrected chi connectivity index (χ3v) is 6.61. The molecule has 2 N–H and O–H groups in total. The van der Waals surface area contributed by atoms with Gasteiger partial charge in [-0.25, -0.2) is 19.6 Å². The van der Waals surface area contributed by atoms with Crippen LogP contribution in [0.5, 0.6) is 5.75 Å². The molecule has 0 saturated heterocycles. The quantitative estimate of drug-likeness (QED) is 0.516. The SMILES string of the molecule is Cc1nc(-c2nnn(C)c2CNc2cc(C3CC3)ncn2)ccc1O[C@H]1CCC[C@H](C(=O)O)C1. The molecule has 178 valence electrons. The second-order valence-corrected chi connectivity index (χ2v) is 9.19. The van der Waals surface area contributed by atoms with Crippen LogP contribution < -0.4 is 10.1 Å². The number of aromatic nitrogens is 6. The summed E-state index contributed by atoms with van der Waals surface area (Å²) in [7, 11) is 1.86. The number of aryl methyl sites for hydroxylation is 2. The van der Waals surface area contributed by atoms with E-state index < -0.39 is 5.97 Å². The molecule has 2 atom stereocenters. The van der Waals surface area contributed by atoms with Crippen LogP contribution in [0.2, 0.25) is 0 Å². The second kappa shape index (κ2) is 9.36. The minimum atomic E-state index is -0.743. The Morgan fingerprint density at radius 3 is 2.85 bits per heavy atom. The number of rotatable bonds is 8. The number of carboxylic acid groups (broad SMARTS) is 1. The van der Waals surface area contributed by atoms with Crippen LogP contribution >= 0.6 is 0 Å². The number of nitrogens with one attached hydrogen (secondary N) is 1. The van der Waals surface area contributed by atoms with Crippen LogP contribution in [-0.2, 0) is 18.4 Å². The van der Waals surface area contributed by atoms with E-state index in [9.17, 15) is 9.90 Å². The minimum Gasteiger partial charge on any atom is -0.489 e. The highest BCUT2D eigenvalue weighted by Gasteiger charge is 2.29. The first-order chi connectivity index (χ1) is 16.5. The molecule has 2 saturated carbocycles. The molecule has 0 unspecified atom stereocenters. The Bertz CT molecular complexity index is 1190. The topological polar surface area (TPSA) is 128 Å². The summed E-state index contributed by atoms with van der Waals surface area (Å²) in [4.78, 5) is 24.8. The van der Waals surface area contributed by atoms with Gasteiger partial charge in [-0.05, 0) is 57.6 Å². The molecule has 3 heterocycles. The van der Waals surface area contributed by atoms with Crippen LogP contribution in [0.4, 0.5) is 5.82 Å². The van der Waals surface area contributed by atoms with Crippen molar-refractivity contribution in [2.75, 3.05) is 5.32 Å². The van der Waals surface area contributed by atoms with Gasteiger partial charge in [-0.1, -0.05) is 5.21 Å². The number of carboxylic acids is 1. The van der Waals surface area contributed by atoms with Crippen molar-refractivity contribution in [2.45, 2.75) is 64.0 Å². The lowest BCUT2D eigenvalue weighted by Gasteiger charge is -2.27. The molecule has 2 aliphatic carbocycles. The van der Waals surface area contributed by atoms with Gasteiger partial charge in [0.05, 0.1) is 35.6 Å². The first-order valence-corrected chi connectivity index (χ1v) is 11.8. The monoisotopic (exact) mass is 463 g/mol. The van der Waals surface area contributed by atoms with Crippen molar-refractivity contribution in [1.82, 2.24) is 29.9 Å². The fraction of sp³-hybridized carbons (Fsp3) is 0.500. The van der Waals surface area contributed by atoms with Gasteiger partial charge in [-0.3, -0.25) is 4.79 Å². The van der Waals surface area contributed by atoms with E-state index in [0.29, 0.717) is 42.4 Å². The normalized spacial score (nSPS) is 20.2. The molecule has 10 heteroatoms. The summed E-state index contributed by atoms with van der Waals surface area (Å²) in [6, 6.07) is 5.78. The van der Waals surface area contributed by atoms with E-state index in [1.165, 1.54) is 12.8 Å². The molecule has 2 fully saturated rings. The van der Waals surface area contributed by atoms with Gasteiger partial charge in [0.2, 0.25) is 0 Å². The van der Waals surface area contributed by atoms with Crippen molar-refractivity contribution in [1.29, 1.82) is 0 Å². The van der Waals surface area contributed by atoms with Gasteiger partial charge in [0, 0.05) is 24.7 Å². The first kappa shape index (κ1) is 22.2. The molecular formula is C24H29N7O3. The highest BCUT2D eigenvalue weighted by atomic mass is 16.5. The Balaban J connectivity index is 1.29. The summed E-state index contributed by atoms with van der Waals surface area (Å²) >= 11 is 0. The van der Waals surface area contributed by atoms with E-state index in [1.807, 2.05) is 32.2 Å². The highest BCUT2D eigenvalue weighted by Crippen LogP contribution is 2.39. The Morgan fingerprint density at radius 2 is 2.09 bits per heavy atom. The molecule has 0 amide bonds. The lowest BCUT2D eigenvalue weighted by molar-refractivity contribution is -0.143. The molecule has 3 aromatic heterocycles. The summed E-state index contributed by atoms with van der Waals surface area (Å²) in [5.74, 6) is 0.944. The minimum absolute atomic E-state index is 0.106. The molecule has 5 rings (SSSR count). The third-order valence-electron chi connectivity index (χ3n) is 6.61. The lowest BCUT2D eigenvalue weighted by Crippen LogP contribution is -2.29. The van der Waals surface area contributed by atoms with E-state index in [-0.39, 0.29) is 12.0 Å². The van der Waals surface area contributed by atoms with Gasteiger partial charge in [0.25, 0.3) is 0 Å². The average molecular weight is 464 g/mol. The van der Waals surface area contributed by atoms with E-state index >= 15 is 0 Å². The van der Waals surface area contributed by atoms with Gasteiger partial charge < -0.3 is 15.2 Å². The van der Waals surface area contributed by atoms with Crippen molar-refractivity contribution in [3.05, 3.63) is 41.6 Å². The van der Waals surface area contributed by atoms with Crippen molar-refractivity contribution in [3.63, 3.8) is 0 Å². The van der Waals surface area contributed by atoms with Gasteiger partial charge in [0.15, 0.2) is 0 Å². The maximum atomic E-state index is 11.4. The molecule has 3 aromatic rings. The van der Waals surface area contributed by atoms with Crippen molar-refractivity contribution >= 4 is 11.8 Å². The fourth-order valence-corrected chi connectivity index (χ4v) is 4.48. The second-order valence-electron chi connectivity index (χ2n) is 9.19. The number of hydrogen-bond acceptors (Lipinski definition) is 8. The Kier molecular flexibility index (Phi) is 6.12. The van der Waals surface area contributed by atoms with Gasteiger partial charge in [-0.15, -0.1) is 5.10 Å². The number of anilines is 1. The Hall–Kier alpha value is -3.56. The molecule has 0 spiro atoms. The van der Waals surface area contributed by atoms with Gasteiger partial charge >= 0.3 is 5.97 Å².